The van der Waals surface area contributed by atoms with Gasteiger partial charge in [0.15, 0.2) is 8.68 Å². The number of thioether (sulfide) groups is 2. The van der Waals surface area contributed by atoms with Crippen molar-refractivity contribution in [3.05, 3.63) is 77.9 Å². The number of benzene rings is 3. The standard InChI is InChI=1S/C22H18N4O2S3/c27-18-10-8-15(9-11-18)12-23-24-20(28)14-30-22-26-25-21(31-22)29-13-17-6-3-5-16-4-1-2-7-19(16)17/h1-12,27H,13-14H2,(H,24,28)/b23-12+. The van der Waals surface area contributed by atoms with E-state index in [4.69, 9.17) is 0 Å². The predicted octanol–water partition coefficient (Wildman–Crippen LogP) is 4.93. The summed E-state index contributed by atoms with van der Waals surface area (Å²) in [7, 11) is 0. The molecule has 0 fully saturated rings. The Morgan fingerprint density at radius 1 is 1.00 bits per heavy atom. The molecule has 9 heteroatoms. The van der Waals surface area contributed by atoms with Gasteiger partial charge in [0.25, 0.3) is 5.91 Å². The van der Waals surface area contributed by atoms with Gasteiger partial charge in [0.2, 0.25) is 0 Å². The normalized spacial score (nSPS) is 11.2. The lowest BCUT2D eigenvalue weighted by molar-refractivity contribution is -0.118. The van der Waals surface area contributed by atoms with Gasteiger partial charge in [-0.1, -0.05) is 77.3 Å². The van der Waals surface area contributed by atoms with Crippen molar-refractivity contribution in [3.8, 4) is 5.75 Å². The third kappa shape index (κ3) is 6.06. The van der Waals surface area contributed by atoms with E-state index >= 15 is 0 Å². The van der Waals surface area contributed by atoms with Gasteiger partial charge >= 0.3 is 0 Å². The molecular weight excluding hydrogens is 448 g/mol. The van der Waals surface area contributed by atoms with Crippen molar-refractivity contribution in [1.29, 1.82) is 0 Å². The Morgan fingerprint density at radius 3 is 2.58 bits per heavy atom. The summed E-state index contributed by atoms with van der Waals surface area (Å²) >= 11 is 4.46. The van der Waals surface area contributed by atoms with Crippen LogP contribution in [-0.4, -0.2) is 33.2 Å². The highest BCUT2D eigenvalue weighted by molar-refractivity contribution is 8.03. The summed E-state index contributed by atoms with van der Waals surface area (Å²) in [4.78, 5) is 12.0. The monoisotopic (exact) mass is 466 g/mol. The molecule has 0 radical (unpaired) electrons. The predicted molar refractivity (Wildman–Crippen MR) is 128 cm³/mol. The number of nitrogens with one attached hydrogen (secondary N) is 1. The fraction of sp³-hybridized carbons (Fsp3) is 0.0909. The van der Waals surface area contributed by atoms with Gasteiger partial charge in [-0.3, -0.25) is 4.79 Å². The Hall–Kier alpha value is -2.88. The number of rotatable bonds is 8. The first kappa shape index (κ1) is 21.4. The summed E-state index contributed by atoms with van der Waals surface area (Å²) in [5.74, 6) is 0.979. The number of hydrogen-bond donors (Lipinski definition) is 2. The number of hydrogen-bond acceptors (Lipinski definition) is 8. The number of carbonyl (C=O) groups is 1. The van der Waals surface area contributed by atoms with Crippen molar-refractivity contribution in [2.24, 2.45) is 5.10 Å². The van der Waals surface area contributed by atoms with Crippen LogP contribution in [0.2, 0.25) is 0 Å². The van der Waals surface area contributed by atoms with Crippen LogP contribution in [0.1, 0.15) is 11.1 Å². The second kappa shape index (κ2) is 10.4. The first-order valence-electron chi connectivity index (χ1n) is 9.34. The van der Waals surface area contributed by atoms with E-state index in [1.54, 1.807) is 36.0 Å². The summed E-state index contributed by atoms with van der Waals surface area (Å²) in [6.07, 6.45) is 1.52. The fourth-order valence-corrected chi connectivity index (χ4v) is 5.59. The van der Waals surface area contributed by atoms with Gasteiger partial charge in [0.05, 0.1) is 12.0 Å². The lowest BCUT2D eigenvalue weighted by Crippen LogP contribution is -2.19. The molecule has 1 heterocycles. The van der Waals surface area contributed by atoms with E-state index in [1.165, 1.54) is 45.6 Å². The van der Waals surface area contributed by atoms with E-state index < -0.39 is 0 Å². The second-order valence-electron chi connectivity index (χ2n) is 6.43. The zero-order valence-electron chi connectivity index (χ0n) is 16.3. The molecule has 31 heavy (non-hydrogen) atoms. The van der Waals surface area contributed by atoms with Crippen LogP contribution >= 0.6 is 34.9 Å². The summed E-state index contributed by atoms with van der Waals surface area (Å²) in [5, 5.41) is 24.1. The highest BCUT2D eigenvalue weighted by atomic mass is 32.2. The summed E-state index contributed by atoms with van der Waals surface area (Å²) in [5.41, 5.74) is 4.53. The smallest absolute Gasteiger partial charge is 0.250 e. The minimum Gasteiger partial charge on any atom is -0.508 e. The van der Waals surface area contributed by atoms with Crippen molar-refractivity contribution < 1.29 is 9.90 Å². The topological polar surface area (TPSA) is 87.5 Å². The molecule has 3 aromatic carbocycles. The van der Waals surface area contributed by atoms with Gasteiger partial charge in [-0.15, -0.1) is 10.2 Å². The maximum Gasteiger partial charge on any atom is 0.250 e. The van der Waals surface area contributed by atoms with Gasteiger partial charge in [-0.2, -0.15) is 5.10 Å². The SMILES string of the molecule is O=C(CSc1nnc(SCc2cccc3ccccc23)s1)N/N=C/c1ccc(O)cc1. The van der Waals surface area contributed by atoms with Crippen molar-refractivity contribution in [1.82, 2.24) is 15.6 Å². The molecule has 0 aliphatic carbocycles. The first-order chi connectivity index (χ1) is 15.2. The number of fused-ring (bicyclic) bond motifs is 1. The second-order valence-corrected chi connectivity index (χ2v) is 9.86. The lowest BCUT2D eigenvalue weighted by Gasteiger charge is -2.04. The zero-order valence-corrected chi connectivity index (χ0v) is 18.7. The third-order valence-electron chi connectivity index (χ3n) is 4.24. The molecule has 0 atom stereocenters. The number of hydrazone groups is 1. The lowest BCUT2D eigenvalue weighted by atomic mass is 10.1. The van der Waals surface area contributed by atoms with Crippen LogP contribution in [0.25, 0.3) is 10.8 Å². The number of phenolic OH excluding ortho intramolecular Hbond substituents is 1. The number of carbonyl (C=O) groups excluding carboxylic acids is 1. The Bertz CT molecular complexity index is 1200. The third-order valence-corrected chi connectivity index (χ3v) is 7.48. The molecule has 0 saturated heterocycles. The highest BCUT2D eigenvalue weighted by Gasteiger charge is 2.09. The van der Waals surface area contributed by atoms with Gasteiger partial charge in [0.1, 0.15) is 5.75 Å². The first-order valence-corrected chi connectivity index (χ1v) is 12.1. The number of amides is 1. The van der Waals surface area contributed by atoms with Crippen molar-refractivity contribution in [3.63, 3.8) is 0 Å². The van der Waals surface area contributed by atoms with Crippen molar-refractivity contribution in [2.75, 3.05) is 5.75 Å². The minimum atomic E-state index is -0.222. The fourth-order valence-electron chi connectivity index (χ4n) is 2.77. The molecule has 1 aromatic heterocycles. The number of aromatic nitrogens is 2. The van der Waals surface area contributed by atoms with E-state index in [2.05, 4.69) is 57.1 Å². The Balaban J connectivity index is 1.25. The van der Waals surface area contributed by atoms with Crippen LogP contribution in [0.3, 0.4) is 0 Å². The van der Waals surface area contributed by atoms with E-state index in [0.29, 0.717) is 0 Å². The molecule has 0 saturated carbocycles. The van der Waals surface area contributed by atoms with E-state index in [1.807, 2.05) is 6.07 Å². The van der Waals surface area contributed by atoms with Crippen LogP contribution in [0.5, 0.6) is 5.75 Å². The molecule has 0 aliphatic rings. The number of nitrogens with zero attached hydrogens (tertiary/aromatic N) is 3. The van der Waals surface area contributed by atoms with E-state index in [-0.39, 0.29) is 17.4 Å². The molecular formula is C22H18N4O2S3. The molecule has 4 aromatic rings. The molecule has 4 rings (SSSR count). The maximum atomic E-state index is 12.0. The van der Waals surface area contributed by atoms with Crippen molar-refractivity contribution in [2.45, 2.75) is 14.4 Å². The van der Waals surface area contributed by atoms with Crippen LogP contribution in [0.15, 0.2) is 80.5 Å². The Morgan fingerprint density at radius 2 is 1.74 bits per heavy atom. The van der Waals surface area contributed by atoms with Gasteiger partial charge in [-0.25, -0.2) is 5.43 Å². The number of aromatic hydroxyl groups is 1. The molecule has 0 unspecified atom stereocenters. The molecule has 1 amide bonds. The molecule has 0 spiro atoms. The van der Waals surface area contributed by atoms with Crippen LogP contribution in [-0.2, 0) is 10.5 Å². The summed E-state index contributed by atoms with van der Waals surface area (Å²) < 4.78 is 1.62. The molecule has 6 nitrogen and oxygen atoms in total. The summed E-state index contributed by atoms with van der Waals surface area (Å²) in [6.45, 7) is 0. The minimum absolute atomic E-state index is 0.185. The van der Waals surface area contributed by atoms with Gasteiger partial charge < -0.3 is 5.11 Å². The highest BCUT2D eigenvalue weighted by Crippen LogP contribution is 2.32. The van der Waals surface area contributed by atoms with Crippen molar-refractivity contribution >= 4 is 57.8 Å². The van der Waals surface area contributed by atoms with Crippen LogP contribution < -0.4 is 5.43 Å². The van der Waals surface area contributed by atoms with Crippen LogP contribution in [0, 0.1) is 0 Å². The largest absolute Gasteiger partial charge is 0.508 e. The average molecular weight is 467 g/mol. The van der Waals surface area contributed by atoms with E-state index in [0.717, 1.165) is 20.0 Å². The van der Waals surface area contributed by atoms with Gasteiger partial charge in [-0.05, 0) is 46.2 Å². The number of phenols is 1. The summed E-state index contributed by atoms with van der Waals surface area (Å²) in [6, 6.07) is 21.2. The molecule has 0 bridgehead atoms. The maximum absolute atomic E-state index is 12.0. The Kier molecular flexibility index (Phi) is 7.18. The van der Waals surface area contributed by atoms with E-state index in [9.17, 15) is 9.90 Å². The average Bonchev–Trinajstić information content (AvgIpc) is 3.25. The van der Waals surface area contributed by atoms with Crippen LogP contribution in [0.4, 0.5) is 0 Å². The zero-order chi connectivity index (χ0) is 21.5. The molecule has 2 N–H and O–H groups in total. The quantitative estimate of drug-likeness (QED) is 0.217. The van der Waals surface area contributed by atoms with Gasteiger partial charge in [0, 0.05) is 5.75 Å². The molecule has 156 valence electrons. The Labute approximate surface area is 191 Å². The molecule has 0 aliphatic heterocycles.